The molecule has 0 amide bonds. The summed E-state index contributed by atoms with van der Waals surface area (Å²) in [7, 11) is 0. The van der Waals surface area contributed by atoms with Gasteiger partial charge in [0.25, 0.3) is 0 Å². The molecule has 1 aliphatic carbocycles. The Bertz CT molecular complexity index is 1340. The maximum absolute atomic E-state index is 5.12. The number of aromatic nitrogens is 3. The molecule has 1 fully saturated rings. The molecule has 5 nitrogen and oxygen atoms in total. The standard InChI is InChI=1S/C26H25N5S/c1-17-23(31-16-20(12-13-21(31)29-17)18-8-4-2-5-9-18)26-30-22(19-10-6-3-7-11-19)24(32-26)25-27-14-15-28-25/h3,6-7,10-14,16,18H,2,4-5,8-9,15H2,1H3. The molecule has 0 bridgehead atoms. The van der Waals surface area contributed by atoms with Crippen LogP contribution in [0.25, 0.3) is 27.6 Å². The first-order valence-corrected chi connectivity index (χ1v) is 12.2. The number of aryl methyl sites for hydroxylation is 1. The van der Waals surface area contributed by atoms with E-state index >= 15 is 0 Å². The van der Waals surface area contributed by atoms with Gasteiger partial charge in [-0.15, -0.1) is 11.3 Å². The van der Waals surface area contributed by atoms with Crippen molar-refractivity contribution in [2.45, 2.75) is 44.9 Å². The Morgan fingerprint density at radius 3 is 2.59 bits per heavy atom. The first-order valence-electron chi connectivity index (χ1n) is 11.4. The number of hydrogen-bond acceptors (Lipinski definition) is 5. The second-order valence-corrected chi connectivity index (χ2v) is 9.61. The molecule has 4 heterocycles. The topological polar surface area (TPSA) is 54.9 Å². The summed E-state index contributed by atoms with van der Waals surface area (Å²) in [4.78, 5) is 20.1. The third kappa shape index (κ3) is 3.39. The number of nitrogens with zero attached hydrogens (tertiary/aromatic N) is 5. The van der Waals surface area contributed by atoms with Crippen molar-refractivity contribution in [3.05, 3.63) is 64.8 Å². The van der Waals surface area contributed by atoms with E-state index < -0.39 is 0 Å². The van der Waals surface area contributed by atoms with Gasteiger partial charge in [0, 0.05) is 18.0 Å². The van der Waals surface area contributed by atoms with Crippen LogP contribution in [0, 0.1) is 6.92 Å². The highest BCUT2D eigenvalue weighted by Gasteiger charge is 2.23. The lowest BCUT2D eigenvalue weighted by Crippen LogP contribution is -2.05. The molecular weight excluding hydrogens is 414 g/mol. The van der Waals surface area contributed by atoms with Gasteiger partial charge in [0.1, 0.15) is 16.3 Å². The van der Waals surface area contributed by atoms with E-state index in [2.05, 4.69) is 51.8 Å². The molecule has 1 aromatic carbocycles. The number of imidazole rings is 1. The molecule has 1 saturated carbocycles. The monoisotopic (exact) mass is 439 g/mol. The Morgan fingerprint density at radius 1 is 0.969 bits per heavy atom. The van der Waals surface area contributed by atoms with Crippen molar-refractivity contribution >= 4 is 29.0 Å². The molecule has 0 spiro atoms. The summed E-state index contributed by atoms with van der Waals surface area (Å²) in [5.74, 6) is 1.43. The molecule has 0 radical (unpaired) electrons. The summed E-state index contributed by atoms with van der Waals surface area (Å²) in [6, 6.07) is 14.8. The van der Waals surface area contributed by atoms with Crippen LogP contribution in [0.15, 0.2) is 58.6 Å². The van der Waals surface area contributed by atoms with Crippen LogP contribution in [-0.2, 0) is 0 Å². The van der Waals surface area contributed by atoms with Crippen molar-refractivity contribution in [1.82, 2.24) is 14.4 Å². The number of benzene rings is 1. The molecule has 3 aromatic heterocycles. The van der Waals surface area contributed by atoms with Crippen LogP contribution in [0.3, 0.4) is 0 Å². The highest BCUT2D eigenvalue weighted by molar-refractivity contribution is 7.17. The van der Waals surface area contributed by atoms with Crippen molar-refractivity contribution in [3.63, 3.8) is 0 Å². The molecule has 160 valence electrons. The van der Waals surface area contributed by atoms with E-state index in [9.17, 15) is 0 Å². The lowest BCUT2D eigenvalue weighted by atomic mass is 9.85. The summed E-state index contributed by atoms with van der Waals surface area (Å²) in [6.07, 6.45) is 10.8. The third-order valence-electron chi connectivity index (χ3n) is 6.51. The third-order valence-corrected chi connectivity index (χ3v) is 7.57. The van der Waals surface area contributed by atoms with Crippen molar-refractivity contribution in [3.8, 4) is 22.0 Å². The number of aliphatic imine (C=N–C) groups is 2. The second-order valence-electron chi connectivity index (χ2n) is 8.61. The van der Waals surface area contributed by atoms with Gasteiger partial charge in [-0.05, 0) is 37.3 Å². The van der Waals surface area contributed by atoms with Gasteiger partial charge >= 0.3 is 0 Å². The summed E-state index contributed by atoms with van der Waals surface area (Å²) >= 11 is 1.66. The number of hydrogen-bond donors (Lipinski definition) is 0. The molecule has 0 N–H and O–H groups in total. The number of amidine groups is 1. The first kappa shape index (κ1) is 19.6. The van der Waals surface area contributed by atoms with Crippen LogP contribution in [-0.4, -0.2) is 33.0 Å². The van der Waals surface area contributed by atoms with Gasteiger partial charge in [0.05, 0.1) is 22.8 Å². The summed E-state index contributed by atoms with van der Waals surface area (Å²) in [6.45, 7) is 2.72. The van der Waals surface area contributed by atoms with E-state index in [1.165, 1.54) is 37.7 Å². The average molecular weight is 440 g/mol. The van der Waals surface area contributed by atoms with Crippen molar-refractivity contribution in [1.29, 1.82) is 0 Å². The maximum Gasteiger partial charge on any atom is 0.167 e. The van der Waals surface area contributed by atoms with Gasteiger partial charge in [-0.1, -0.05) is 55.7 Å². The van der Waals surface area contributed by atoms with Crippen LogP contribution < -0.4 is 0 Å². The first-order chi connectivity index (χ1) is 15.8. The average Bonchev–Trinajstić information content (AvgIpc) is 3.57. The molecular formula is C26H25N5S. The Hall–Kier alpha value is -3.12. The minimum absolute atomic E-state index is 0.635. The highest BCUT2D eigenvalue weighted by Crippen LogP contribution is 2.38. The maximum atomic E-state index is 5.12. The largest absolute Gasteiger partial charge is 0.297 e. The van der Waals surface area contributed by atoms with Gasteiger partial charge < -0.3 is 0 Å². The van der Waals surface area contributed by atoms with Crippen LogP contribution in [0.1, 0.15) is 54.2 Å². The molecule has 4 aromatic rings. The predicted octanol–water partition coefficient (Wildman–Crippen LogP) is 6.31. The number of fused-ring (bicyclic) bond motifs is 1. The van der Waals surface area contributed by atoms with E-state index in [0.717, 1.165) is 44.0 Å². The van der Waals surface area contributed by atoms with Crippen LogP contribution in [0.2, 0.25) is 0 Å². The SMILES string of the molecule is Cc1nc2ccc(C3CCCCC3)cn2c1-c1nc(-c2ccccc2)c(C2=NCC=N2)s1. The Kier molecular flexibility index (Phi) is 4.95. The Balaban J connectivity index is 1.51. The molecule has 0 unspecified atom stereocenters. The van der Waals surface area contributed by atoms with E-state index in [4.69, 9.17) is 9.97 Å². The van der Waals surface area contributed by atoms with E-state index in [1.54, 1.807) is 11.3 Å². The fourth-order valence-electron chi connectivity index (χ4n) is 4.90. The fourth-order valence-corrected chi connectivity index (χ4v) is 6.05. The van der Waals surface area contributed by atoms with Gasteiger partial charge in [-0.3, -0.25) is 9.39 Å². The van der Waals surface area contributed by atoms with Crippen LogP contribution in [0.4, 0.5) is 0 Å². The number of thiazole rings is 1. The van der Waals surface area contributed by atoms with Crippen LogP contribution >= 0.6 is 11.3 Å². The van der Waals surface area contributed by atoms with E-state index in [-0.39, 0.29) is 0 Å². The molecule has 32 heavy (non-hydrogen) atoms. The van der Waals surface area contributed by atoms with E-state index in [1.807, 2.05) is 24.4 Å². The Morgan fingerprint density at radius 2 is 1.81 bits per heavy atom. The van der Waals surface area contributed by atoms with Gasteiger partial charge in [0.2, 0.25) is 0 Å². The highest BCUT2D eigenvalue weighted by atomic mass is 32.1. The molecule has 6 rings (SSSR count). The molecule has 6 heteroatoms. The zero-order chi connectivity index (χ0) is 21.5. The number of pyridine rings is 1. The molecule has 2 aliphatic rings. The van der Waals surface area contributed by atoms with Gasteiger partial charge in [-0.2, -0.15) is 0 Å². The quantitative estimate of drug-likeness (QED) is 0.374. The van der Waals surface area contributed by atoms with Crippen molar-refractivity contribution < 1.29 is 0 Å². The van der Waals surface area contributed by atoms with Gasteiger partial charge in [0.15, 0.2) is 5.84 Å². The molecule has 0 atom stereocenters. The minimum Gasteiger partial charge on any atom is -0.297 e. The Labute approximate surface area is 191 Å². The second kappa shape index (κ2) is 8.10. The zero-order valence-corrected chi connectivity index (χ0v) is 19.0. The predicted molar refractivity (Wildman–Crippen MR) is 132 cm³/mol. The summed E-state index contributed by atoms with van der Waals surface area (Å²) in [5.41, 5.74) is 6.51. The minimum atomic E-state index is 0.635. The number of rotatable bonds is 4. The zero-order valence-electron chi connectivity index (χ0n) is 18.2. The molecule has 0 saturated heterocycles. The van der Waals surface area contributed by atoms with Crippen molar-refractivity contribution in [2.75, 3.05) is 6.54 Å². The smallest absolute Gasteiger partial charge is 0.167 e. The fraction of sp³-hybridized carbons (Fsp3) is 0.308. The van der Waals surface area contributed by atoms with Crippen LogP contribution in [0.5, 0.6) is 0 Å². The van der Waals surface area contributed by atoms with Gasteiger partial charge in [-0.25, -0.2) is 15.0 Å². The normalized spacial score (nSPS) is 16.7. The van der Waals surface area contributed by atoms with E-state index in [0.29, 0.717) is 12.5 Å². The lowest BCUT2D eigenvalue weighted by Gasteiger charge is -2.22. The summed E-state index contributed by atoms with van der Waals surface area (Å²) < 4.78 is 2.25. The van der Waals surface area contributed by atoms with Crippen molar-refractivity contribution in [2.24, 2.45) is 9.98 Å². The summed E-state index contributed by atoms with van der Waals surface area (Å²) in [5, 5.41) is 0.967. The lowest BCUT2D eigenvalue weighted by molar-refractivity contribution is 0.442. The molecule has 1 aliphatic heterocycles.